The molecule has 1 spiro atoms. The number of hydrogen-bond donors (Lipinski definition) is 0. The lowest BCUT2D eigenvalue weighted by atomic mass is 9.67. The number of rotatable bonds is 7. The summed E-state index contributed by atoms with van der Waals surface area (Å²) in [5.41, 5.74) is 1.23. The molecule has 2 atom stereocenters. The summed E-state index contributed by atoms with van der Waals surface area (Å²) in [6, 6.07) is 8.40. The number of thiophene rings is 1. The van der Waals surface area contributed by atoms with Gasteiger partial charge < -0.3 is 14.2 Å². The van der Waals surface area contributed by atoms with Gasteiger partial charge in [-0.3, -0.25) is 4.98 Å². The Bertz CT molecular complexity index is 726. The summed E-state index contributed by atoms with van der Waals surface area (Å²) in [5.74, 6) is 1.03. The molecule has 0 N–H and O–H groups in total. The van der Waals surface area contributed by atoms with Crippen molar-refractivity contribution < 1.29 is 14.2 Å². The fourth-order valence-electron chi connectivity index (χ4n) is 4.74. The highest BCUT2D eigenvalue weighted by Gasteiger charge is 2.49. The molecule has 0 amide bonds. The Morgan fingerprint density at radius 1 is 1.19 bits per heavy atom. The maximum absolute atomic E-state index is 6.23. The molecule has 2 aliphatic rings. The van der Waals surface area contributed by atoms with E-state index in [9.17, 15) is 0 Å². The minimum Gasteiger partial charge on any atom is -0.496 e. The first-order chi connectivity index (χ1) is 13.3. The van der Waals surface area contributed by atoms with Crippen LogP contribution in [0.25, 0.3) is 0 Å². The molecule has 0 aliphatic carbocycles. The molecule has 2 aromatic rings. The average Bonchev–Trinajstić information content (AvgIpc) is 3.35. The van der Waals surface area contributed by atoms with E-state index in [1.54, 1.807) is 18.4 Å². The van der Waals surface area contributed by atoms with E-state index in [2.05, 4.69) is 23.6 Å². The number of methoxy groups -OCH3 is 1. The number of ether oxygens (including phenoxy) is 3. The minimum atomic E-state index is -0.104. The smallest absolute Gasteiger partial charge is 0.132 e. The zero-order valence-electron chi connectivity index (χ0n) is 16.1. The number of aryl methyl sites for hydroxylation is 1. The molecular formula is C22H29NO3S. The third-order valence-electron chi connectivity index (χ3n) is 6.16. The van der Waals surface area contributed by atoms with Crippen molar-refractivity contribution in [2.75, 3.05) is 26.9 Å². The molecule has 0 aromatic carbocycles. The van der Waals surface area contributed by atoms with Gasteiger partial charge in [0.1, 0.15) is 5.75 Å². The van der Waals surface area contributed by atoms with Crippen LogP contribution < -0.4 is 4.74 Å². The molecule has 2 saturated heterocycles. The lowest BCUT2D eigenvalue weighted by molar-refractivity contribution is -0.109. The standard InChI is InChI=1S/C22H29NO3S/c1-24-18-8-15-27-19(18)6-2-4-9-21(20-7-3-5-12-23-20)10-14-26-22(16-21)11-13-25-17-22/h3,5,7-8,12,15H,2,4,6,9-11,13-14,16-17H2,1H3. The van der Waals surface area contributed by atoms with Gasteiger partial charge in [0.15, 0.2) is 0 Å². The van der Waals surface area contributed by atoms with Crippen molar-refractivity contribution in [3.05, 3.63) is 46.4 Å². The fraction of sp³-hybridized carbons (Fsp3) is 0.591. The molecule has 2 aromatic heterocycles. The van der Waals surface area contributed by atoms with E-state index in [1.807, 2.05) is 12.3 Å². The second-order valence-corrected chi connectivity index (χ2v) is 8.88. The monoisotopic (exact) mass is 387 g/mol. The molecule has 27 heavy (non-hydrogen) atoms. The summed E-state index contributed by atoms with van der Waals surface area (Å²) in [6.07, 6.45) is 9.62. The van der Waals surface area contributed by atoms with E-state index in [1.165, 1.54) is 23.4 Å². The molecule has 0 radical (unpaired) electrons. The average molecular weight is 388 g/mol. The minimum absolute atomic E-state index is 0.104. The zero-order chi connectivity index (χ0) is 18.6. The van der Waals surface area contributed by atoms with Crippen molar-refractivity contribution in [3.63, 3.8) is 0 Å². The highest BCUT2D eigenvalue weighted by atomic mass is 32.1. The van der Waals surface area contributed by atoms with Crippen LogP contribution >= 0.6 is 11.3 Å². The van der Waals surface area contributed by atoms with E-state index in [0.29, 0.717) is 0 Å². The van der Waals surface area contributed by atoms with Gasteiger partial charge in [-0.2, -0.15) is 0 Å². The van der Waals surface area contributed by atoms with E-state index in [-0.39, 0.29) is 11.0 Å². The van der Waals surface area contributed by atoms with Gasteiger partial charge in [0.25, 0.3) is 0 Å². The van der Waals surface area contributed by atoms with Crippen LogP contribution in [0.1, 0.15) is 49.1 Å². The van der Waals surface area contributed by atoms with Gasteiger partial charge in [0.2, 0.25) is 0 Å². The maximum atomic E-state index is 6.23. The van der Waals surface area contributed by atoms with Crippen LogP contribution in [0.3, 0.4) is 0 Å². The number of hydrogen-bond acceptors (Lipinski definition) is 5. The number of aromatic nitrogens is 1. The molecule has 5 heteroatoms. The van der Waals surface area contributed by atoms with Crippen molar-refractivity contribution in [3.8, 4) is 5.75 Å². The SMILES string of the molecule is COc1ccsc1CCCCC1(c2ccccn2)CCOC2(CCOC2)C1. The highest BCUT2D eigenvalue weighted by Crippen LogP contribution is 2.47. The Morgan fingerprint density at radius 2 is 2.15 bits per heavy atom. The highest BCUT2D eigenvalue weighted by molar-refractivity contribution is 7.10. The molecule has 0 bridgehead atoms. The lowest BCUT2D eigenvalue weighted by Crippen LogP contribution is -2.48. The van der Waals surface area contributed by atoms with E-state index in [4.69, 9.17) is 19.2 Å². The van der Waals surface area contributed by atoms with E-state index < -0.39 is 0 Å². The summed E-state index contributed by atoms with van der Waals surface area (Å²) in [4.78, 5) is 6.13. The second-order valence-electron chi connectivity index (χ2n) is 7.88. The van der Waals surface area contributed by atoms with Crippen LogP contribution in [-0.4, -0.2) is 37.5 Å². The van der Waals surface area contributed by atoms with Gasteiger partial charge >= 0.3 is 0 Å². The molecule has 4 heterocycles. The third kappa shape index (κ3) is 4.05. The molecule has 2 aliphatic heterocycles. The Balaban J connectivity index is 1.46. The third-order valence-corrected chi connectivity index (χ3v) is 7.12. The molecule has 4 nitrogen and oxygen atoms in total. The van der Waals surface area contributed by atoms with Crippen molar-refractivity contribution in [1.82, 2.24) is 4.98 Å². The van der Waals surface area contributed by atoms with Crippen molar-refractivity contribution >= 4 is 11.3 Å². The van der Waals surface area contributed by atoms with Crippen LogP contribution in [0.15, 0.2) is 35.8 Å². The van der Waals surface area contributed by atoms with Crippen LogP contribution in [0.4, 0.5) is 0 Å². The predicted octanol–water partition coefficient (Wildman–Crippen LogP) is 4.77. The quantitative estimate of drug-likeness (QED) is 0.642. The molecule has 2 unspecified atom stereocenters. The molecule has 146 valence electrons. The summed E-state index contributed by atoms with van der Waals surface area (Å²) < 4.78 is 17.4. The Labute approximate surface area is 165 Å². The van der Waals surface area contributed by atoms with E-state index >= 15 is 0 Å². The van der Waals surface area contributed by atoms with Gasteiger partial charge in [-0.1, -0.05) is 12.5 Å². The van der Waals surface area contributed by atoms with Gasteiger partial charge in [0.05, 0.1) is 19.3 Å². The normalized spacial score (nSPS) is 27.9. The Kier molecular flexibility index (Phi) is 5.81. The molecule has 4 rings (SSSR count). The second kappa shape index (κ2) is 8.29. The van der Waals surface area contributed by atoms with Crippen molar-refractivity contribution in [1.29, 1.82) is 0 Å². The maximum Gasteiger partial charge on any atom is 0.132 e. The predicted molar refractivity (Wildman–Crippen MR) is 108 cm³/mol. The Hall–Kier alpha value is -1.43. The summed E-state index contributed by atoms with van der Waals surface area (Å²) in [6.45, 7) is 2.35. The van der Waals surface area contributed by atoms with Crippen molar-refractivity contribution in [2.45, 2.75) is 56.0 Å². The van der Waals surface area contributed by atoms with Crippen LogP contribution in [0.2, 0.25) is 0 Å². The fourth-order valence-corrected chi connectivity index (χ4v) is 5.62. The molecule has 2 fully saturated rings. The van der Waals surface area contributed by atoms with Crippen LogP contribution in [-0.2, 0) is 21.3 Å². The first kappa shape index (κ1) is 18.9. The van der Waals surface area contributed by atoms with Gasteiger partial charge in [0, 0.05) is 41.8 Å². The van der Waals surface area contributed by atoms with Crippen LogP contribution in [0, 0.1) is 0 Å². The van der Waals surface area contributed by atoms with Crippen molar-refractivity contribution in [2.24, 2.45) is 0 Å². The first-order valence-corrected chi connectivity index (χ1v) is 10.9. The van der Waals surface area contributed by atoms with Gasteiger partial charge in [-0.15, -0.1) is 11.3 Å². The summed E-state index contributed by atoms with van der Waals surface area (Å²) in [7, 11) is 1.76. The summed E-state index contributed by atoms with van der Waals surface area (Å²) in [5, 5.41) is 2.12. The molecular weight excluding hydrogens is 358 g/mol. The summed E-state index contributed by atoms with van der Waals surface area (Å²) >= 11 is 1.80. The number of nitrogens with zero attached hydrogens (tertiary/aromatic N) is 1. The Morgan fingerprint density at radius 3 is 2.93 bits per heavy atom. The van der Waals surface area contributed by atoms with Crippen LogP contribution in [0.5, 0.6) is 5.75 Å². The van der Waals surface area contributed by atoms with Gasteiger partial charge in [-0.05, 0) is 55.7 Å². The lowest BCUT2D eigenvalue weighted by Gasteiger charge is -2.45. The number of unbranched alkanes of at least 4 members (excludes halogenated alkanes) is 1. The van der Waals surface area contributed by atoms with Gasteiger partial charge in [-0.25, -0.2) is 0 Å². The largest absolute Gasteiger partial charge is 0.496 e. The first-order valence-electron chi connectivity index (χ1n) is 9.99. The number of pyridine rings is 1. The zero-order valence-corrected chi connectivity index (χ0v) is 16.9. The van der Waals surface area contributed by atoms with E-state index in [0.717, 1.165) is 57.7 Å². The topological polar surface area (TPSA) is 40.6 Å². The molecule has 0 saturated carbocycles.